The first-order valence-electron chi connectivity index (χ1n) is 8.08. The molecule has 0 fully saturated rings. The largest absolute Gasteiger partial charge is 0.493 e. The number of amides is 1. The van der Waals surface area contributed by atoms with Gasteiger partial charge in [0.05, 0.1) is 13.7 Å². The molecule has 5 nitrogen and oxygen atoms in total. The Labute approximate surface area is 143 Å². The van der Waals surface area contributed by atoms with E-state index in [2.05, 4.69) is 24.1 Å². The van der Waals surface area contributed by atoms with E-state index in [1.165, 1.54) is 0 Å². The van der Waals surface area contributed by atoms with Gasteiger partial charge >= 0.3 is 0 Å². The second kappa shape index (κ2) is 8.91. The quantitative estimate of drug-likeness (QED) is 0.806. The average molecular weight is 328 g/mol. The van der Waals surface area contributed by atoms with Crippen LogP contribution in [0.2, 0.25) is 0 Å². The first-order chi connectivity index (χ1) is 11.6. The van der Waals surface area contributed by atoms with Crippen molar-refractivity contribution in [3.05, 3.63) is 53.9 Å². The monoisotopic (exact) mass is 328 g/mol. The maximum absolute atomic E-state index is 12.0. The number of nitrogens with zero attached hydrogens (tertiary/aromatic N) is 1. The van der Waals surface area contributed by atoms with Crippen LogP contribution in [0.5, 0.6) is 11.5 Å². The summed E-state index contributed by atoms with van der Waals surface area (Å²) in [5.74, 6) is 1.86. The highest BCUT2D eigenvalue weighted by molar-refractivity contribution is 5.93. The molecule has 1 heterocycles. The minimum Gasteiger partial charge on any atom is -0.493 e. The van der Waals surface area contributed by atoms with Crippen molar-refractivity contribution in [3.8, 4) is 11.5 Å². The average Bonchev–Trinajstić information content (AvgIpc) is 2.60. The third-order valence-electron chi connectivity index (χ3n) is 3.58. The lowest BCUT2D eigenvalue weighted by atomic mass is 10.1. The van der Waals surface area contributed by atoms with Gasteiger partial charge in [-0.25, -0.2) is 0 Å². The Kier molecular flexibility index (Phi) is 6.61. The molecular weight excluding hydrogens is 304 g/mol. The van der Waals surface area contributed by atoms with Crippen LogP contribution in [0.25, 0.3) is 0 Å². The highest BCUT2D eigenvalue weighted by Gasteiger charge is 2.08. The number of aromatic nitrogens is 1. The van der Waals surface area contributed by atoms with Gasteiger partial charge in [0.1, 0.15) is 0 Å². The van der Waals surface area contributed by atoms with Crippen molar-refractivity contribution in [1.29, 1.82) is 0 Å². The molecule has 1 aromatic carbocycles. The maximum atomic E-state index is 12.0. The molecule has 0 radical (unpaired) electrons. The fourth-order valence-corrected chi connectivity index (χ4v) is 2.13. The van der Waals surface area contributed by atoms with Crippen molar-refractivity contribution < 1.29 is 14.3 Å². The summed E-state index contributed by atoms with van der Waals surface area (Å²) in [6.07, 6.45) is 4.19. The molecule has 2 rings (SSSR count). The number of ether oxygens (including phenoxy) is 2. The molecule has 0 unspecified atom stereocenters. The van der Waals surface area contributed by atoms with E-state index in [0.29, 0.717) is 30.4 Å². The van der Waals surface area contributed by atoms with Gasteiger partial charge in [-0.1, -0.05) is 19.9 Å². The van der Waals surface area contributed by atoms with Crippen LogP contribution in [0.1, 0.15) is 36.2 Å². The molecule has 0 aliphatic carbocycles. The van der Waals surface area contributed by atoms with Crippen molar-refractivity contribution >= 4 is 5.91 Å². The van der Waals surface area contributed by atoms with E-state index < -0.39 is 0 Å². The highest BCUT2D eigenvalue weighted by Crippen LogP contribution is 2.28. The molecular formula is C19H24N2O3. The summed E-state index contributed by atoms with van der Waals surface area (Å²) in [6, 6.07) is 9.06. The van der Waals surface area contributed by atoms with Crippen molar-refractivity contribution in [2.45, 2.75) is 26.8 Å². The van der Waals surface area contributed by atoms with Crippen LogP contribution < -0.4 is 14.8 Å². The van der Waals surface area contributed by atoms with Gasteiger partial charge in [0.15, 0.2) is 11.5 Å². The fourth-order valence-electron chi connectivity index (χ4n) is 2.13. The van der Waals surface area contributed by atoms with Crippen LogP contribution in [-0.2, 0) is 6.54 Å². The van der Waals surface area contributed by atoms with E-state index in [4.69, 9.17) is 9.47 Å². The molecule has 2 aromatic rings. The van der Waals surface area contributed by atoms with Gasteiger partial charge < -0.3 is 14.8 Å². The number of hydrogen-bond acceptors (Lipinski definition) is 4. The molecule has 128 valence electrons. The predicted octanol–water partition coefficient (Wildman–Crippen LogP) is 3.45. The Morgan fingerprint density at radius 1 is 1.17 bits per heavy atom. The van der Waals surface area contributed by atoms with E-state index >= 15 is 0 Å². The molecule has 0 saturated heterocycles. The van der Waals surface area contributed by atoms with Gasteiger partial charge in [-0.15, -0.1) is 0 Å². The number of carbonyl (C=O) groups excluding carboxylic acids is 1. The number of carbonyl (C=O) groups is 1. The zero-order valence-corrected chi connectivity index (χ0v) is 14.4. The van der Waals surface area contributed by atoms with Gasteiger partial charge in [0, 0.05) is 24.5 Å². The van der Waals surface area contributed by atoms with Crippen LogP contribution in [0.15, 0.2) is 42.7 Å². The highest BCUT2D eigenvalue weighted by atomic mass is 16.5. The minimum absolute atomic E-state index is 0.131. The predicted molar refractivity (Wildman–Crippen MR) is 93.4 cm³/mol. The SMILES string of the molecule is COc1cc(CNC(=O)c2ccncc2)ccc1OCCC(C)C. The van der Waals surface area contributed by atoms with E-state index in [0.717, 1.165) is 17.7 Å². The minimum atomic E-state index is -0.131. The number of nitrogens with one attached hydrogen (secondary N) is 1. The summed E-state index contributed by atoms with van der Waals surface area (Å²) >= 11 is 0. The second-order valence-corrected chi connectivity index (χ2v) is 5.93. The molecule has 0 aliphatic rings. The number of rotatable bonds is 8. The van der Waals surface area contributed by atoms with Crippen LogP contribution >= 0.6 is 0 Å². The Bertz CT molecular complexity index is 657. The van der Waals surface area contributed by atoms with Gasteiger partial charge in [0.2, 0.25) is 0 Å². The van der Waals surface area contributed by atoms with Crippen LogP contribution in [0.3, 0.4) is 0 Å². The zero-order valence-electron chi connectivity index (χ0n) is 14.4. The first kappa shape index (κ1) is 17.8. The molecule has 0 saturated carbocycles. The molecule has 0 atom stereocenters. The topological polar surface area (TPSA) is 60.5 Å². The standard InChI is InChI=1S/C19H24N2O3/c1-14(2)8-11-24-17-5-4-15(12-18(17)23-3)13-21-19(22)16-6-9-20-10-7-16/h4-7,9-10,12,14H,8,11,13H2,1-3H3,(H,21,22). The maximum Gasteiger partial charge on any atom is 0.251 e. The zero-order chi connectivity index (χ0) is 17.4. The smallest absolute Gasteiger partial charge is 0.251 e. The third kappa shape index (κ3) is 5.26. The van der Waals surface area contributed by atoms with E-state index in [1.54, 1.807) is 31.6 Å². The summed E-state index contributed by atoms with van der Waals surface area (Å²) < 4.78 is 11.2. The Balaban J connectivity index is 1.95. The fraction of sp³-hybridized carbons (Fsp3) is 0.368. The molecule has 0 spiro atoms. The van der Waals surface area contributed by atoms with Crippen LogP contribution in [0, 0.1) is 5.92 Å². The van der Waals surface area contributed by atoms with Crippen LogP contribution in [-0.4, -0.2) is 24.6 Å². The Morgan fingerprint density at radius 3 is 2.58 bits per heavy atom. The lowest BCUT2D eigenvalue weighted by Gasteiger charge is -2.13. The summed E-state index contributed by atoms with van der Waals surface area (Å²) in [6.45, 7) is 5.40. The molecule has 24 heavy (non-hydrogen) atoms. The normalized spacial score (nSPS) is 10.5. The van der Waals surface area contributed by atoms with Crippen molar-refractivity contribution in [1.82, 2.24) is 10.3 Å². The second-order valence-electron chi connectivity index (χ2n) is 5.93. The summed E-state index contributed by atoms with van der Waals surface area (Å²) in [5.41, 5.74) is 1.54. The molecule has 1 N–H and O–H groups in total. The third-order valence-corrected chi connectivity index (χ3v) is 3.58. The summed E-state index contributed by atoms with van der Waals surface area (Å²) in [5, 5.41) is 2.88. The first-order valence-corrected chi connectivity index (χ1v) is 8.08. The number of methoxy groups -OCH3 is 1. The molecule has 5 heteroatoms. The van der Waals surface area contributed by atoms with Gasteiger partial charge in [-0.3, -0.25) is 9.78 Å². The number of benzene rings is 1. The number of hydrogen-bond donors (Lipinski definition) is 1. The lowest BCUT2D eigenvalue weighted by molar-refractivity contribution is 0.0950. The van der Waals surface area contributed by atoms with Gasteiger partial charge in [-0.05, 0) is 42.2 Å². The number of pyridine rings is 1. The van der Waals surface area contributed by atoms with Crippen LogP contribution in [0.4, 0.5) is 0 Å². The van der Waals surface area contributed by atoms with E-state index in [9.17, 15) is 4.79 Å². The summed E-state index contributed by atoms with van der Waals surface area (Å²) in [7, 11) is 1.62. The summed E-state index contributed by atoms with van der Waals surface area (Å²) in [4.78, 5) is 16.0. The molecule has 0 aliphatic heterocycles. The van der Waals surface area contributed by atoms with Crippen molar-refractivity contribution in [2.24, 2.45) is 5.92 Å². The Hall–Kier alpha value is -2.56. The van der Waals surface area contributed by atoms with Gasteiger partial charge in [-0.2, -0.15) is 0 Å². The van der Waals surface area contributed by atoms with E-state index in [1.807, 2.05) is 18.2 Å². The van der Waals surface area contributed by atoms with Crippen molar-refractivity contribution in [2.75, 3.05) is 13.7 Å². The molecule has 1 amide bonds. The Morgan fingerprint density at radius 2 is 1.92 bits per heavy atom. The lowest BCUT2D eigenvalue weighted by Crippen LogP contribution is -2.22. The van der Waals surface area contributed by atoms with E-state index in [-0.39, 0.29) is 5.91 Å². The molecule has 0 bridgehead atoms. The van der Waals surface area contributed by atoms with Crippen molar-refractivity contribution in [3.63, 3.8) is 0 Å². The van der Waals surface area contributed by atoms with Gasteiger partial charge in [0.25, 0.3) is 5.91 Å². The molecule has 1 aromatic heterocycles.